The highest BCUT2D eigenvalue weighted by molar-refractivity contribution is 5.71. The van der Waals surface area contributed by atoms with E-state index in [1.807, 2.05) is 60.8 Å². The molecule has 0 N–H and O–H groups in total. The molecule has 0 aliphatic heterocycles. The van der Waals surface area contributed by atoms with Gasteiger partial charge in [0.05, 0.1) is 0 Å². The summed E-state index contributed by atoms with van der Waals surface area (Å²) < 4.78 is 16.7. The molecule has 0 radical (unpaired) electrons. The standard InChI is InChI=1S/C57H92O6/c1-4-7-10-13-16-19-22-25-27-29-31-32-35-38-41-44-47-50-56(59)62-53-54(52-61-55(58)49-46-43-40-37-34-24-21-18-15-12-9-6-3)63-57(60)51-48-45-42-39-36-33-30-28-26-23-20-17-14-11-8-5-2/h7,10,13,16,18-19,21-22,25,27-33,35-36,54H,4-6,8-9,11-12,14-15,17,20,23-24,26,34,37-53H2,1-3H3/b10-7-,16-13-,21-18-,22-19-,27-25-,30-28-,31-29+,35-32-,36-33-. The molecule has 0 aromatic heterocycles. The molecule has 6 heteroatoms. The zero-order chi connectivity index (χ0) is 45.8. The maximum atomic E-state index is 12.8. The predicted octanol–water partition coefficient (Wildman–Crippen LogP) is 16.8. The molecule has 0 aliphatic rings. The Kier molecular flexibility index (Phi) is 47.5. The lowest BCUT2D eigenvalue weighted by molar-refractivity contribution is -0.167. The fourth-order valence-corrected chi connectivity index (χ4v) is 6.57. The summed E-state index contributed by atoms with van der Waals surface area (Å²) in [6, 6.07) is 0. The third-order valence-corrected chi connectivity index (χ3v) is 10.4. The number of hydrogen-bond acceptors (Lipinski definition) is 6. The van der Waals surface area contributed by atoms with Gasteiger partial charge in [-0.1, -0.05) is 214 Å². The van der Waals surface area contributed by atoms with Crippen molar-refractivity contribution in [2.45, 2.75) is 219 Å². The quantitative estimate of drug-likeness (QED) is 0.0199. The summed E-state index contributed by atoms with van der Waals surface area (Å²) in [6.07, 6.45) is 67.8. The average molecular weight is 873 g/mol. The monoisotopic (exact) mass is 873 g/mol. The largest absolute Gasteiger partial charge is 0.462 e. The van der Waals surface area contributed by atoms with Crippen LogP contribution >= 0.6 is 0 Å². The molecule has 1 atom stereocenters. The van der Waals surface area contributed by atoms with E-state index in [2.05, 4.69) is 69.4 Å². The van der Waals surface area contributed by atoms with Gasteiger partial charge in [0.2, 0.25) is 0 Å². The second-order valence-corrected chi connectivity index (χ2v) is 16.5. The van der Waals surface area contributed by atoms with Gasteiger partial charge in [0.1, 0.15) is 13.2 Å². The fourth-order valence-electron chi connectivity index (χ4n) is 6.57. The fraction of sp³-hybridized carbons (Fsp3) is 0.632. The summed E-state index contributed by atoms with van der Waals surface area (Å²) in [7, 11) is 0. The van der Waals surface area contributed by atoms with E-state index in [9.17, 15) is 14.4 Å². The van der Waals surface area contributed by atoms with Crippen molar-refractivity contribution in [2.24, 2.45) is 0 Å². The van der Waals surface area contributed by atoms with Crippen LogP contribution in [0.5, 0.6) is 0 Å². The molecule has 63 heavy (non-hydrogen) atoms. The van der Waals surface area contributed by atoms with E-state index in [1.54, 1.807) is 0 Å². The van der Waals surface area contributed by atoms with Crippen LogP contribution in [0.4, 0.5) is 0 Å². The van der Waals surface area contributed by atoms with Crippen LogP contribution in [0.1, 0.15) is 213 Å². The Morgan fingerprint density at radius 2 is 0.635 bits per heavy atom. The van der Waals surface area contributed by atoms with Crippen LogP contribution in [0.3, 0.4) is 0 Å². The molecule has 0 amide bonds. The minimum absolute atomic E-state index is 0.110. The van der Waals surface area contributed by atoms with E-state index < -0.39 is 6.10 Å². The van der Waals surface area contributed by atoms with Crippen molar-refractivity contribution in [3.63, 3.8) is 0 Å². The molecule has 0 saturated heterocycles. The van der Waals surface area contributed by atoms with Crippen LogP contribution in [0.25, 0.3) is 0 Å². The smallest absolute Gasteiger partial charge is 0.306 e. The topological polar surface area (TPSA) is 78.9 Å². The van der Waals surface area contributed by atoms with Crippen molar-refractivity contribution >= 4 is 17.9 Å². The van der Waals surface area contributed by atoms with E-state index in [0.717, 1.165) is 96.3 Å². The number of hydrogen-bond donors (Lipinski definition) is 0. The molecular weight excluding hydrogens is 781 g/mol. The minimum Gasteiger partial charge on any atom is -0.462 e. The number of carbonyl (C=O) groups excluding carboxylic acids is 3. The number of unbranched alkanes of at least 4 members (excludes halogenated alkanes) is 21. The van der Waals surface area contributed by atoms with Crippen molar-refractivity contribution in [1.29, 1.82) is 0 Å². The summed E-state index contributed by atoms with van der Waals surface area (Å²) in [5.74, 6) is -0.997. The van der Waals surface area contributed by atoms with Crippen LogP contribution in [0, 0.1) is 0 Å². The first-order chi connectivity index (χ1) is 31.0. The summed E-state index contributed by atoms with van der Waals surface area (Å²) >= 11 is 0. The lowest BCUT2D eigenvalue weighted by Gasteiger charge is -2.18. The Morgan fingerprint density at radius 3 is 1.08 bits per heavy atom. The zero-order valence-electron chi connectivity index (χ0n) is 40.5. The Morgan fingerprint density at radius 1 is 0.333 bits per heavy atom. The number of carbonyl (C=O) groups is 3. The van der Waals surface area contributed by atoms with E-state index in [-0.39, 0.29) is 37.5 Å². The number of allylic oxidation sites excluding steroid dienone is 18. The minimum atomic E-state index is -0.815. The Balaban J connectivity index is 4.55. The van der Waals surface area contributed by atoms with E-state index in [4.69, 9.17) is 14.2 Å². The Hall–Kier alpha value is -3.93. The summed E-state index contributed by atoms with van der Waals surface area (Å²) in [5, 5.41) is 0. The third-order valence-electron chi connectivity index (χ3n) is 10.4. The highest BCUT2D eigenvalue weighted by atomic mass is 16.6. The van der Waals surface area contributed by atoms with Gasteiger partial charge in [0.15, 0.2) is 6.10 Å². The molecule has 0 aliphatic carbocycles. The van der Waals surface area contributed by atoms with E-state index in [1.165, 1.54) is 77.0 Å². The molecule has 0 fully saturated rings. The first-order valence-electron chi connectivity index (χ1n) is 25.5. The van der Waals surface area contributed by atoms with Crippen LogP contribution in [-0.4, -0.2) is 37.2 Å². The van der Waals surface area contributed by atoms with Crippen molar-refractivity contribution in [3.05, 3.63) is 109 Å². The normalized spacial score (nSPS) is 13.0. The SMILES string of the molecule is CC\C=C/C=C\C=C/C=C\C=C\C=C/CCCCCC(=O)OCC(COC(=O)CCCCCCC/C=C\CCCCC)OC(=O)CCCCC/C=C\C=C/CCCCCCCCC. The van der Waals surface area contributed by atoms with Gasteiger partial charge in [-0.05, 0) is 89.9 Å². The van der Waals surface area contributed by atoms with Crippen molar-refractivity contribution < 1.29 is 28.6 Å². The molecule has 0 aromatic rings. The summed E-state index contributed by atoms with van der Waals surface area (Å²) in [6.45, 7) is 6.38. The molecule has 0 rings (SSSR count). The van der Waals surface area contributed by atoms with Gasteiger partial charge in [0.25, 0.3) is 0 Å². The highest BCUT2D eigenvalue weighted by Crippen LogP contribution is 2.13. The molecule has 0 bridgehead atoms. The van der Waals surface area contributed by atoms with Crippen molar-refractivity contribution in [3.8, 4) is 0 Å². The lowest BCUT2D eigenvalue weighted by atomic mass is 10.1. The van der Waals surface area contributed by atoms with Crippen molar-refractivity contribution in [1.82, 2.24) is 0 Å². The van der Waals surface area contributed by atoms with Crippen LogP contribution < -0.4 is 0 Å². The number of ether oxygens (including phenoxy) is 3. The van der Waals surface area contributed by atoms with Gasteiger partial charge in [-0.25, -0.2) is 0 Å². The molecule has 0 heterocycles. The Bertz CT molecular complexity index is 1330. The molecule has 6 nitrogen and oxygen atoms in total. The molecule has 0 saturated carbocycles. The highest BCUT2D eigenvalue weighted by Gasteiger charge is 2.19. The van der Waals surface area contributed by atoms with Gasteiger partial charge in [-0.2, -0.15) is 0 Å². The second kappa shape index (κ2) is 50.7. The first-order valence-corrected chi connectivity index (χ1v) is 25.5. The molecule has 0 aromatic carbocycles. The molecular formula is C57H92O6. The number of esters is 3. The van der Waals surface area contributed by atoms with Gasteiger partial charge >= 0.3 is 17.9 Å². The van der Waals surface area contributed by atoms with E-state index in [0.29, 0.717) is 12.8 Å². The summed E-state index contributed by atoms with van der Waals surface area (Å²) in [4.78, 5) is 37.9. The van der Waals surface area contributed by atoms with Crippen LogP contribution in [0.2, 0.25) is 0 Å². The number of rotatable bonds is 44. The maximum Gasteiger partial charge on any atom is 0.306 e. The third kappa shape index (κ3) is 49.0. The van der Waals surface area contributed by atoms with Gasteiger partial charge in [-0.3, -0.25) is 14.4 Å². The van der Waals surface area contributed by atoms with E-state index >= 15 is 0 Å². The van der Waals surface area contributed by atoms with Gasteiger partial charge in [-0.15, -0.1) is 0 Å². The Labute approximate surface area is 387 Å². The molecule has 356 valence electrons. The zero-order valence-corrected chi connectivity index (χ0v) is 40.5. The van der Waals surface area contributed by atoms with Crippen molar-refractivity contribution in [2.75, 3.05) is 13.2 Å². The van der Waals surface area contributed by atoms with Gasteiger partial charge in [0, 0.05) is 19.3 Å². The predicted molar refractivity (Wildman–Crippen MR) is 270 cm³/mol. The lowest BCUT2D eigenvalue weighted by Crippen LogP contribution is -2.30. The molecule has 1 unspecified atom stereocenters. The average Bonchev–Trinajstić information content (AvgIpc) is 3.28. The summed E-state index contributed by atoms with van der Waals surface area (Å²) in [5.41, 5.74) is 0. The maximum absolute atomic E-state index is 12.8. The second-order valence-electron chi connectivity index (χ2n) is 16.5. The van der Waals surface area contributed by atoms with Gasteiger partial charge < -0.3 is 14.2 Å². The molecule has 0 spiro atoms. The van der Waals surface area contributed by atoms with Crippen LogP contribution in [0.15, 0.2) is 109 Å². The van der Waals surface area contributed by atoms with Crippen LogP contribution in [-0.2, 0) is 28.6 Å². The first kappa shape index (κ1) is 59.1.